The molecule has 4 heteroatoms. The standard InChI is InChI=1S/C9H8F2O2/c10-6-3-5(9(13)1-2-9)4-7(11)8(6)12/h3-4,12-13H,1-2H2. The quantitative estimate of drug-likeness (QED) is 0.700. The molecule has 0 heterocycles. The third kappa shape index (κ3) is 1.27. The van der Waals surface area contributed by atoms with E-state index in [1.54, 1.807) is 0 Å². The largest absolute Gasteiger partial charge is 0.503 e. The normalized spacial score (nSPS) is 18.7. The van der Waals surface area contributed by atoms with E-state index >= 15 is 0 Å². The molecule has 0 atom stereocenters. The van der Waals surface area contributed by atoms with Crippen molar-refractivity contribution in [3.05, 3.63) is 29.3 Å². The van der Waals surface area contributed by atoms with E-state index in [0.29, 0.717) is 12.8 Å². The Labute approximate surface area is 73.4 Å². The summed E-state index contributed by atoms with van der Waals surface area (Å²) in [5.74, 6) is -3.06. The van der Waals surface area contributed by atoms with Gasteiger partial charge in [-0.15, -0.1) is 0 Å². The van der Waals surface area contributed by atoms with Gasteiger partial charge < -0.3 is 10.2 Å². The summed E-state index contributed by atoms with van der Waals surface area (Å²) in [6, 6.07) is 1.93. The van der Waals surface area contributed by atoms with Gasteiger partial charge in [-0.3, -0.25) is 0 Å². The van der Waals surface area contributed by atoms with E-state index in [4.69, 9.17) is 5.11 Å². The van der Waals surface area contributed by atoms with Crippen molar-refractivity contribution in [3.63, 3.8) is 0 Å². The second kappa shape index (κ2) is 2.42. The van der Waals surface area contributed by atoms with Gasteiger partial charge in [0.1, 0.15) is 0 Å². The van der Waals surface area contributed by atoms with Crippen LogP contribution in [0.1, 0.15) is 18.4 Å². The van der Waals surface area contributed by atoms with Crippen molar-refractivity contribution in [1.82, 2.24) is 0 Å². The van der Waals surface area contributed by atoms with E-state index < -0.39 is 23.0 Å². The van der Waals surface area contributed by atoms with E-state index in [1.165, 1.54) is 0 Å². The molecular weight excluding hydrogens is 178 g/mol. The van der Waals surface area contributed by atoms with E-state index in [-0.39, 0.29) is 5.56 Å². The van der Waals surface area contributed by atoms with Gasteiger partial charge in [-0.2, -0.15) is 0 Å². The molecule has 2 rings (SSSR count). The summed E-state index contributed by atoms with van der Waals surface area (Å²) >= 11 is 0. The highest BCUT2D eigenvalue weighted by Gasteiger charge is 2.42. The number of benzene rings is 1. The summed E-state index contributed by atoms with van der Waals surface area (Å²) in [5.41, 5.74) is -0.879. The van der Waals surface area contributed by atoms with Crippen LogP contribution < -0.4 is 0 Å². The maximum atomic E-state index is 12.8. The zero-order valence-corrected chi connectivity index (χ0v) is 6.72. The topological polar surface area (TPSA) is 40.5 Å². The number of aliphatic hydroxyl groups is 1. The first-order chi connectivity index (χ1) is 6.03. The summed E-state index contributed by atoms with van der Waals surface area (Å²) in [6.45, 7) is 0. The van der Waals surface area contributed by atoms with Crippen molar-refractivity contribution in [3.8, 4) is 5.75 Å². The lowest BCUT2D eigenvalue weighted by Gasteiger charge is -2.08. The first-order valence-corrected chi connectivity index (χ1v) is 3.94. The number of phenolic OH excluding ortho intramolecular Hbond substituents is 1. The van der Waals surface area contributed by atoms with E-state index in [9.17, 15) is 13.9 Å². The molecule has 1 aliphatic carbocycles. The van der Waals surface area contributed by atoms with Gasteiger partial charge in [0.05, 0.1) is 5.60 Å². The highest BCUT2D eigenvalue weighted by molar-refractivity contribution is 5.35. The lowest BCUT2D eigenvalue weighted by Crippen LogP contribution is -2.05. The van der Waals surface area contributed by atoms with Gasteiger partial charge in [-0.1, -0.05) is 0 Å². The Morgan fingerprint density at radius 1 is 1.15 bits per heavy atom. The van der Waals surface area contributed by atoms with Gasteiger partial charge in [0, 0.05) is 0 Å². The minimum absolute atomic E-state index is 0.195. The highest BCUT2D eigenvalue weighted by Crippen LogP contribution is 2.46. The van der Waals surface area contributed by atoms with E-state index in [2.05, 4.69) is 0 Å². The number of hydrogen-bond acceptors (Lipinski definition) is 2. The first-order valence-electron chi connectivity index (χ1n) is 3.94. The van der Waals surface area contributed by atoms with Crippen molar-refractivity contribution < 1.29 is 19.0 Å². The summed E-state index contributed by atoms with van der Waals surface area (Å²) in [5, 5.41) is 18.3. The monoisotopic (exact) mass is 186 g/mol. The van der Waals surface area contributed by atoms with Crippen molar-refractivity contribution in [2.75, 3.05) is 0 Å². The predicted molar refractivity (Wildman–Crippen MR) is 41.2 cm³/mol. The molecule has 0 unspecified atom stereocenters. The zero-order valence-electron chi connectivity index (χ0n) is 6.72. The molecule has 2 N–H and O–H groups in total. The van der Waals surface area contributed by atoms with Gasteiger partial charge in [-0.05, 0) is 30.5 Å². The summed E-state index contributed by atoms with van der Waals surface area (Å²) in [6.07, 6.45) is 1.02. The van der Waals surface area contributed by atoms with E-state index in [0.717, 1.165) is 12.1 Å². The Bertz CT molecular complexity index is 336. The van der Waals surface area contributed by atoms with Crippen LogP contribution >= 0.6 is 0 Å². The fraction of sp³-hybridized carbons (Fsp3) is 0.333. The molecule has 1 saturated carbocycles. The van der Waals surface area contributed by atoms with Crippen LogP contribution in [0.4, 0.5) is 8.78 Å². The SMILES string of the molecule is Oc1c(F)cc(C2(O)CC2)cc1F. The highest BCUT2D eigenvalue weighted by atomic mass is 19.1. The Kier molecular flexibility index (Phi) is 1.57. The Morgan fingerprint density at radius 3 is 2.00 bits per heavy atom. The van der Waals surface area contributed by atoms with E-state index in [1.807, 2.05) is 0 Å². The first kappa shape index (κ1) is 8.44. The van der Waals surface area contributed by atoms with Gasteiger partial charge in [-0.25, -0.2) is 8.78 Å². The van der Waals surface area contributed by atoms with Gasteiger partial charge >= 0.3 is 0 Å². The molecule has 0 aromatic heterocycles. The number of phenols is 1. The summed E-state index contributed by atoms with van der Waals surface area (Å²) in [4.78, 5) is 0. The fourth-order valence-corrected chi connectivity index (χ4v) is 1.24. The van der Waals surface area contributed by atoms with Crippen LogP contribution in [0.3, 0.4) is 0 Å². The number of hydrogen-bond donors (Lipinski definition) is 2. The molecule has 2 nitrogen and oxygen atoms in total. The molecule has 0 radical (unpaired) electrons. The van der Waals surface area contributed by atoms with Crippen LogP contribution in [0.25, 0.3) is 0 Å². The molecule has 0 amide bonds. The Hall–Kier alpha value is -1.16. The van der Waals surface area contributed by atoms with Crippen LogP contribution in [0.15, 0.2) is 12.1 Å². The van der Waals surface area contributed by atoms with Crippen molar-refractivity contribution in [2.45, 2.75) is 18.4 Å². The third-order valence-corrected chi connectivity index (χ3v) is 2.28. The van der Waals surface area contributed by atoms with Crippen LogP contribution in [-0.4, -0.2) is 10.2 Å². The molecule has 0 aliphatic heterocycles. The van der Waals surface area contributed by atoms with Crippen LogP contribution in [0, 0.1) is 11.6 Å². The predicted octanol–water partition coefficient (Wildman–Crippen LogP) is 1.65. The Morgan fingerprint density at radius 2 is 1.62 bits per heavy atom. The van der Waals surface area contributed by atoms with Crippen LogP contribution in [0.2, 0.25) is 0 Å². The molecule has 13 heavy (non-hydrogen) atoms. The maximum Gasteiger partial charge on any atom is 0.187 e. The summed E-state index contributed by atoms with van der Waals surface area (Å²) < 4.78 is 25.6. The molecule has 1 aromatic rings. The van der Waals surface area contributed by atoms with Crippen molar-refractivity contribution in [1.29, 1.82) is 0 Å². The average Bonchev–Trinajstić information content (AvgIpc) is 2.80. The van der Waals surface area contributed by atoms with Gasteiger partial charge in [0.2, 0.25) is 0 Å². The molecule has 0 bridgehead atoms. The van der Waals surface area contributed by atoms with Gasteiger partial charge in [0.15, 0.2) is 17.4 Å². The third-order valence-electron chi connectivity index (χ3n) is 2.28. The summed E-state index contributed by atoms with van der Waals surface area (Å²) in [7, 11) is 0. The zero-order chi connectivity index (χ0) is 9.64. The fourth-order valence-electron chi connectivity index (χ4n) is 1.24. The molecular formula is C9H8F2O2. The molecule has 70 valence electrons. The number of halogens is 2. The Balaban J connectivity index is 2.50. The van der Waals surface area contributed by atoms with Gasteiger partial charge in [0.25, 0.3) is 0 Å². The maximum absolute atomic E-state index is 12.8. The average molecular weight is 186 g/mol. The van der Waals surface area contributed by atoms with Crippen molar-refractivity contribution >= 4 is 0 Å². The molecule has 1 aromatic carbocycles. The second-order valence-electron chi connectivity index (χ2n) is 3.32. The minimum atomic E-state index is -1.07. The molecule has 1 fully saturated rings. The lowest BCUT2D eigenvalue weighted by atomic mass is 10.1. The van der Waals surface area contributed by atoms with Crippen LogP contribution in [0.5, 0.6) is 5.75 Å². The van der Waals surface area contributed by atoms with Crippen molar-refractivity contribution in [2.24, 2.45) is 0 Å². The lowest BCUT2D eigenvalue weighted by molar-refractivity contribution is 0.150. The van der Waals surface area contributed by atoms with Crippen LogP contribution in [-0.2, 0) is 5.60 Å². The smallest absolute Gasteiger partial charge is 0.187 e. The molecule has 0 spiro atoms. The molecule has 0 saturated heterocycles. The number of rotatable bonds is 1. The molecule has 1 aliphatic rings. The second-order valence-corrected chi connectivity index (χ2v) is 3.32. The number of aromatic hydroxyl groups is 1. The minimum Gasteiger partial charge on any atom is -0.503 e.